The van der Waals surface area contributed by atoms with Gasteiger partial charge in [0.25, 0.3) is 0 Å². The molecule has 0 amide bonds. The number of benzene rings is 1. The van der Waals surface area contributed by atoms with Crippen molar-refractivity contribution in [2.45, 2.75) is 0 Å². The van der Waals surface area contributed by atoms with Gasteiger partial charge in [0.15, 0.2) is 5.92 Å². The molecule has 7 nitrogen and oxygen atoms in total. The Balaban J connectivity index is 2.63. The molecule has 1 aromatic carbocycles. The normalized spacial score (nSPS) is 10.8. The van der Waals surface area contributed by atoms with Crippen molar-refractivity contribution in [1.29, 1.82) is 0 Å². The first kappa shape index (κ1) is 13.6. The maximum Gasteiger partial charge on any atom is 0.319 e. The highest BCUT2D eigenvalue weighted by Crippen LogP contribution is 2.18. The van der Waals surface area contributed by atoms with Crippen LogP contribution in [-0.2, 0) is 9.59 Å². The van der Waals surface area contributed by atoms with E-state index in [4.69, 9.17) is 14.9 Å². The molecule has 0 aromatic heterocycles. The lowest BCUT2D eigenvalue weighted by atomic mass is 10.1. The lowest BCUT2D eigenvalue weighted by Gasteiger charge is -2.02. The smallest absolute Gasteiger partial charge is 0.319 e. The number of carboxylic acids is 2. The number of azo groups is 1. The molecule has 0 atom stereocenters. The second-order valence-corrected chi connectivity index (χ2v) is 3.35. The second kappa shape index (κ2) is 6.33. The van der Waals surface area contributed by atoms with Crippen molar-refractivity contribution in [2.24, 2.45) is 16.1 Å². The number of ether oxygens (including phenoxy) is 1. The minimum absolute atomic E-state index is 0.406. The molecule has 0 unspecified atom stereocenters. The molecule has 0 radical (unpaired) electrons. The monoisotopic (exact) mass is 252 g/mol. The molecule has 18 heavy (non-hydrogen) atoms. The average molecular weight is 252 g/mol. The molecule has 2 N–H and O–H groups in total. The van der Waals surface area contributed by atoms with E-state index in [1.807, 2.05) is 0 Å². The third-order valence-electron chi connectivity index (χ3n) is 2.12. The van der Waals surface area contributed by atoms with Gasteiger partial charge in [0.05, 0.1) is 19.3 Å². The fraction of sp³-hybridized carbons (Fsp3) is 0.273. The van der Waals surface area contributed by atoms with Crippen molar-refractivity contribution in [2.75, 3.05) is 13.7 Å². The summed E-state index contributed by atoms with van der Waals surface area (Å²) in [5.74, 6) is -3.79. The molecule has 0 heterocycles. The molecular formula is C11H12N2O5. The van der Waals surface area contributed by atoms with E-state index in [1.54, 1.807) is 24.3 Å². The van der Waals surface area contributed by atoms with E-state index in [1.165, 1.54) is 7.11 Å². The third-order valence-corrected chi connectivity index (χ3v) is 2.12. The zero-order chi connectivity index (χ0) is 13.5. The number of nitrogens with zero attached hydrogens (tertiary/aromatic N) is 2. The molecule has 0 fully saturated rings. The van der Waals surface area contributed by atoms with E-state index in [-0.39, 0.29) is 0 Å². The highest BCUT2D eigenvalue weighted by atomic mass is 16.5. The summed E-state index contributed by atoms with van der Waals surface area (Å²) < 4.78 is 4.95. The number of hydrogen-bond acceptors (Lipinski definition) is 5. The van der Waals surface area contributed by atoms with Crippen molar-refractivity contribution in [1.82, 2.24) is 0 Å². The quantitative estimate of drug-likeness (QED) is 0.590. The van der Waals surface area contributed by atoms with Gasteiger partial charge in [-0.15, -0.1) is 0 Å². The van der Waals surface area contributed by atoms with Crippen LogP contribution < -0.4 is 4.74 Å². The van der Waals surface area contributed by atoms with Crippen molar-refractivity contribution in [3.63, 3.8) is 0 Å². The number of methoxy groups -OCH3 is 1. The van der Waals surface area contributed by atoms with Gasteiger partial charge in [-0.1, -0.05) is 0 Å². The highest BCUT2D eigenvalue weighted by Gasteiger charge is 2.25. The van der Waals surface area contributed by atoms with Crippen LogP contribution in [0.15, 0.2) is 34.5 Å². The Kier molecular flexibility index (Phi) is 4.79. The van der Waals surface area contributed by atoms with Crippen molar-refractivity contribution < 1.29 is 24.5 Å². The Morgan fingerprint density at radius 1 is 1.22 bits per heavy atom. The average Bonchev–Trinajstić information content (AvgIpc) is 2.34. The van der Waals surface area contributed by atoms with E-state index >= 15 is 0 Å². The van der Waals surface area contributed by atoms with E-state index in [9.17, 15) is 9.59 Å². The largest absolute Gasteiger partial charge is 0.497 e. The van der Waals surface area contributed by atoms with Crippen LogP contribution in [0.4, 0.5) is 5.69 Å². The number of carboxylic acid groups (broad SMARTS) is 2. The molecule has 0 saturated heterocycles. The first-order chi connectivity index (χ1) is 8.54. The van der Waals surface area contributed by atoms with Crippen molar-refractivity contribution in [3.8, 4) is 5.75 Å². The summed E-state index contributed by atoms with van der Waals surface area (Å²) in [6, 6.07) is 6.58. The summed E-state index contributed by atoms with van der Waals surface area (Å²) >= 11 is 0. The van der Waals surface area contributed by atoms with Gasteiger partial charge in [-0.05, 0) is 24.3 Å². The van der Waals surface area contributed by atoms with Crippen LogP contribution >= 0.6 is 0 Å². The molecular weight excluding hydrogens is 240 g/mol. The number of rotatable bonds is 6. The van der Waals surface area contributed by atoms with Gasteiger partial charge in [0.2, 0.25) is 0 Å². The second-order valence-electron chi connectivity index (χ2n) is 3.35. The van der Waals surface area contributed by atoms with Crippen LogP contribution in [0.25, 0.3) is 0 Å². The summed E-state index contributed by atoms with van der Waals surface area (Å²) in [7, 11) is 1.53. The maximum atomic E-state index is 10.6. The van der Waals surface area contributed by atoms with Crippen LogP contribution in [0.5, 0.6) is 5.75 Å². The predicted octanol–water partition coefficient (Wildman–Crippen LogP) is 1.56. The van der Waals surface area contributed by atoms with Gasteiger partial charge in [-0.25, -0.2) is 0 Å². The molecule has 1 rings (SSSR count). The van der Waals surface area contributed by atoms with Gasteiger partial charge in [-0.2, -0.15) is 10.2 Å². The highest BCUT2D eigenvalue weighted by molar-refractivity contribution is 5.93. The minimum Gasteiger partial charge on any atom is -0.497 e. The summed E-state index contributed by atoms with van der Waals surface area (Å²) in [6.45, 7) is -0.406. The molecule has 0 aliphatic carbocycles. The van der Waals surface area contributed by atoms with Crippen molar-refractivity contribution >= 4 is 17.6 Å². The minimum atomic E-state index is -1.58. The number of carbonyl (C=O) groups is 2. The van der Waals surface area contributed by atoms with Crippen molar-refractivity contribution in [3.05, 3.63) is 24.3 Å². The van der Waals surface area contributed by atoms with Crippen LogP contribution in [0.2, 0.25) is 0 Å². The first-order valence-corrected chi connectivity index (χ1v) is 5.01. The van der Waals surface area contributed by atoms with E-state index in [0.717, 1.165) is 0 Å². The summed E-state index contributed by atoms with van der Waals surface area (Å²) in [4.78, 5) is 21.1. The molecule has 1 aromatic rings. The standard InChI is InChI=1S/C11H12N2O5/c1-18-8-4-2-7(3-5-8)13-12-6-9(10(14)15)11(16)17/h2-5,9H,6H2,1H3,(H,14,15)(H,16,17). The fourth-order valence-electron chi connectivity index (χ4n) is 1.11. The fourth-order valence-corrected chi connectivity index (χ4v) is 1.11. The SMILES string of the molecule is COc1ccc(N=NCC(C(=O)O)C(=O)O)cc1. The topological polar surface area (TPSA) is 109 Å². The van der Waals surface area contributed by atoms with E-state index in [0.29, 0.717) is 11.4 Å². The maximum absolute atomic E-state index is 10.6. The van der Waals surface area contributed by atoms with Gasteiger partial charge < -0.3 is 14.9 Å². The van der Waals surface area contributed by atoms with Crippen LogP contribution in [-0.4, -0.2) is 35.8 Å². The van der Waals surface area contributed by atoms with Gasteiger partial charge >= 0.3 is 11.9 Å². The summed E-state index contributed by atoms with van der Waals surface area (Å²) in [5.41, 5.74) is 0.491. The van der Waals surface area contributed by atoms with E-state index in [2.05, 4.69) is 10.2 Å². The lowest BCUT2D eigenvalue weighted by Crippen LogP contribution is -2.25. The zero-order valence-electron chi connectivity index (χ0n) is 9.61. The molecule has 96 valence electrons. The molecule has 0 aliphatic heterocycles. The molecule has 0 saturated carbocycles. The summed E-state index contributed by atoms with van der Waals surface area (Å²) in [6.07, 6.45) is 0. The van der Waals surface area contributed by atoms with Crippen LogP contribution in [0, 0.1) is 5.92 Å². The Morgan fingerprint density at radius 3 is 2.22 bits per heavy atom. The lowest BCUT2D eigenvalue weighted by molar-refractivity contribution is -0.153. The molecule has 0 aliphatic rings. The van der Waals surface area contributed by atoms with Crippen LogP contribution in [0.1, 0.15) is 0 Å². The molecule has 0 spiro atoms. The Hall–Kier alpha value is -2.44. The predicted molar refractivity (Wildman–Crippen MR) is 61.1 cm³/mol. The molecule has 7 heteroatoms. The first-order valence-electron chi connectivity index (χ1n) is 5.01. The third kappa shape index (κ3) is 3.85. The Morgan fingerprint density at radius 2 is 1.78 bits per heavy atom. The zero-order valence-corrected chi connectivity index (χ0v) is 9.61. The summed E-state index contributed by atoms with van der Waals surface area (Å²) in [5, 5.41) is 24.5. The number of hydrogen-bond donors (Lipinski definition) is 2. The Labute approximate surface area is 103 Å². The van der Waals surface area contributed by atoms with Gasteiger partial charge in [0, 0.05) is 0 Å². The van der Waals surface area contributed by atoms with E-state index < -0.39 is 24.4 Å². The number of aliphatic carboxylic acids is 2. The van der Waals surface area contributed by atoms with Gasteiger partial charge in [-0.3, -0.25) is 9.59 Å². The molecule has 0 bridgehead atoms. The van der Waals surface area contributed by atoms with Gasteiger partial charge in [0.1, 0.15) is 5.75 Å². The van der Waals surface area contributed by atoms with Crippen LogP contribution in [0.3, 0.4) is 0 Å². The Bertz CT molecular complexity index is 441.